The number of aryl methyl sites for hydroxylation is 1. The molecule has 0 spiro atoms. The zero-order chi connectivity index (χ0) is 17.1. The highest BCUT2D eigenvalue weighted by Crippen LogP contribution is 2.35. The molecule has 0 saturated heterocycles. The fourth-order valence-corrected chi connectivity index (χ4v) is 2.30. The second-order valence-corrected chi connectivity index (χ2v) is 4.96. The normalized spacial score (nSPS) is 12.2. The van der Waals surface area contributed by atoms with E-state index < -0.39 is 28.2 Å². The summed E-state index contributed by atoms with van der Waals surface area (Å²) in [6, 6.07) is 0. The molecule has 1 N–H and O–H groups in total. The first-order valence-electron chi connectivity index (χ1n) is 6.04. The minimum atomic E-state index is -4.69. The van der Waals surface area contributed by atoms with Gasteiger partial charge in [0.05, 0.1) is 11.1 Å². The van der Waals surface area contributed by atoms with Crippen molar-refractivity contribution in [3.05, 3.63) is 27.6 Å². The maximum absolute atomic E-state index is 12.7. The molecule has 1 aromatic heterocycles. The molecule has 0 fully saturated rings. The third-order valence-electron chi connectivity index (χ3n) is 2.40. The van der Waals surface area contributed by atoms with Gasteiger partial charge < -0.3 is 10.1 Å². The molecule has 0 atom stereocenters. The summed E-state index contributed by atoms with van der Waals surface area (Å²) in [5.41, 5.74) is -1.39. The van der Waals surface area contributed by atoms with Gasteiger partial charge in [0.1, 0.15) is 5.69 Å². The Kier molecular flexibility index (Phi) is 5.75. The van der Waals surface area contributed by atoms with Crippen LogP contribution in [-0.2, 0) is 22.8 Å². The van der Waals surface area contributed by atoms with E-state index in [0.717, 1.165) is 10.8 Å². The van der Waals surface area contributed by atoms with Crippen LogP contribution in [0.3, 0.4) is 0 Å². The maximum Gasteiger partial charge on any atom is 0.436 e. The van der Waals surface area contributed by atoms with E-state index in [1.54, 1.807) is 6.92 Å². The van der Waals surface area contributed by atoms with E-state index in [2.05, 4.69) is 31.1 Å². The van der Waals surface area contributed by atoms with Crippen molar-refractivity contribution in [3.8, 4) is 0 Å². The molecule has 1 aromatic rings. The summed E-state index contributed by atoms with van der Waals surface area (Å²) in [5.74, 6) is -1.50. The fourth-order valence-electron chi connectivity index (χ4n) is 1.56. The zero-order valence-electron chi connectivity index (χ0n) is 11.9. The van der Waals surface area contributed by atoms with Crippen molar-refractivity contribution in [2.45, 2.75) is 20.0 Å². The minimum Gasteiger partial charge on any atom is -0.463 e. The van der Waals surface area contributed by atoms with Crippen molar-refractivity contribution in [1.29, 1.82) is 0 Å². The Morgan fingerprint density at radius 1 is 1.45 bits per heavy atom. The average molecular weight is 384 g/mol. The standard InChI is InChI=1S/C12H13BrF3N3O3/c1-4-22-7(20)5-6(2)17-11(21)9-8(13)10(12(14,15)16)18-19(9)3/h5H,4H2,1-3H3,(H,17,21)/b6-5+. The third kappa shape index (κ3) is 4.33. The molecule has 0 aliphatic carbocycles. The van der Waals surface area contributed by atoms with Gasteiger partial charge in [0.2, 0.25) is 0 Å². The Morgan fingerprint density at radius 2 is 2.05 bits per heavy atom. The van der Waals surface area contributed by atoms with Gasteiger partial charge in [-0.25, -0.2) is 4.79 Å². The number of halogens is 4. The molecule has 0 unspecified atom stereocenters. The molecule has 10 heteroatoms. The van der Waals surface area contributed by atoms with Crippen LogP contribution in [-0.4, -0.2) is 28.3 Å². The highest BCUT2D eigenvalue weighted by atomic mass is 79.9. The van der Waals surface area contributed by atoms with Crippen LogP contribution < -0.4 is 5.32 Å². The molecular weight excluding hydrogens is 371 g/mol. The van der Waals surface area contributed by atoms with Crippen LogP contribution in [0.4, 0.5) is 13.2 Å². The summed E-state index contributed by atoms with van der Waals surface area (Å²) in [6.45, 7) is 3.19. The molecule has 6 nitrogen and oxygen atoms in total. The number of rotatable bonds is 4. The molecule has 22 heavy (non-hydrogen) atoms. The van der Waals surface area contributed by atoms with Gasteiger partial charge >= 0.3 is 12.1 Å². The van der Waals surface area contributed by atoms with Crippen molar-refractivity contribution >= 4 is 27.8 Å². The topological polar surface area (TPSA) is 73.2 Å². The van der Waals surface area contributed by atoms with Crippen LogP contribution in [0.25, 0.3) is 0 Å². The van der Waals surface area contributed by atoms with E-state index in [0.29, 0.717) is 0 Å². The van der Waals surface area contributed by atoms with Gasteiger partial charge in [0.25, 0.3) is 5.91 Å². The van der Waals surface area contributed by atoms with Crippen molar-refractivity contribution in [1.82, 2.24) is 15.1 Å². The molecule has 0 aliphatic rings. The second kappa shape index (κ2) is 6.95. The number of carbonyl (C=O) groups is 2. The summed E-state index contributed by atoms with van der Waals surface area (Å²) in [6.07, 6.45) is -3.67. The number of carbonyl (C=O) groups excluding carboxylic acids is 2. The number of esters is 1. The predicted molar refractivity (Wildman–Crippen MR) is 73.8 cm³/mol. The lowest BCUT2D eigenvalue weighted by molar-refractivity contribution is -0.142. The molecule has 0 saturated carbocycles. The zero-order valence-corrected chi connectivity index (χ0v) is 13.5. The minimum absolute atomic E-state index is 0.130. The van der Waals surface area contributed by atoms with E-state index in [1.807, 2.05) is 0 Å². The van der Waals surface area contributed by atoms with Crippen LogP contribution in [0.15, 0.2) is 16.2 Å². The van der Waals surface area contributed by atoms with E-state index in [-0.39, 0.29) is 18.0 Å². The van der Waals surface area contributed by atoms with E-state index in [9.17, 15) is 22.8 Å². The third-order valence-corrected chi connectivity index (χ3v) is 3.16. The Labute approximate surface area is 132 Å². The number of ether oxygens (including phenoxy) is 1. The van der Waals surface area contributed by atoms with Crippen LogP contribution in [0.5, 0.6) is 0 Å². The van der Waals surface area contributed by atoms with Gasteiger partial charge in [-0.15, -0.1) is 0 Å². The summed E-state index contributed by atoms with van der Waals surface area (Å²) in [5, 5.41) is 5.57. The second-order valence-electron chi connectivity index (χ2n) is 4.17. The molecule has 0 aromatic carbocycles. The van der Waals surface area contributed by atoms with Crippen molar-refractivity contribution in [3.63, 3.8) is 0 Å². The predicted octanol–water partition coefficient (Wildman–Crippen LogP) is 2.40. The maximum atomic E-state index is 12.7. The van der Waals surface area contributed by atoms with Gasteiger partial charge in [-0.2, -0.15) is 18.3 Å². The lowest BCUT2D eigenvalue weighted by Gasteiger charge is -2.06. The summed E-state index contributed by atoms with van der Waals surface area (Å²) in [7, 11) is 1.21. The molecular formula is C12H13BrF3N3O3. The SMILES string of the molecule is CCOC(=O)/C=C(\C)NC(=O)c1c(Br)c(C(F)(F)F)nn1C. The molecule has 1 amide bonds. The molecule has 122 valence electrons. The van der Waals surface area contributed by atoms with E-state index >= 15 is 0 Å². The number of hydrogen-bond acceptors (Lipinski definition) is 4. The van der Waals surface area contributed by atoms with Crippen LogP contribution in [0.1, 0.15) is 30.0 Å². The van der Waals surface area contributed by atoms with E-state index in [1.165, 1.54) is 14.0 Å². The number of amides is 1. The monoisotopic (exact) mass is 383 g/mol. The van der Waals surface area contributed by atoms with Crippen LogP contribution >= 0.6 is 15.9 Å². The summed E-state index contributed by atoms with van der Waals surface area (Å²) < 4.78 is 43.1. The Balaban J connectivity index is 3.00. The lowest BCUT2D eigenvalue weighted by Crippen LogP contribution is -2.25. The molecule has 0 aliphatic heterocycles. The Hall–Kier alpha value is -1.84. The fraction of sp³-hybridized carbons (Fsp3) is 0.417. The highest BCUT2D eigenvalue weighted by molar-refractivity contribution is 9.10. The molecule has 0 bridgehead atoms. The lowest BCUT2D eigenvalue weighted by atomic mass is 10.3. The summed E-state index contributed by atoms with van der Waals surface area (Å²) >= 11 is 2.73. The average Bonchev–Trinajstić information content (AvgIpc) is 2.64. The van der Waals surface area contributed by atoms with Gasteiger partial charge in [0.15, 0.2) is 5.69 Å². The number of hydrogen-bond donors (Lipinski definition) is 1. The smallest absolute Gasteiger partial charge is 0.436 e. The van der Waals surface area contributed by atoms with Gasteiger partial charge in [-0.3, -0.25) is 9.48 Å². The molecule has 1 heterocycles. The Bertz CT molecular complexity index is 623. The van der Waals surface area contributed by atoms with Crippen molar-refractivity contribution in [2.24, 2.45) is 7.05 Å². The van der Waals surface area contributed by atoms with Gasteiger partial charge in [0, 0.05) is 18.8 Å². The number of aromatic nitrogens is 2. The number of nitrogens with one attached hydrogen (secondary N) is 1. The molecule has 0 radical (unpaired) electrons. The largest absolute Gasteiger partial charge is 0.463 e. The van der Waals surface area contributed by atoms with Crippen molar-refractivity contribution in [2.75, 3.05) is 6.61 Å². The van der Waals surface area contributed by atoms with Crippen LogP contribution in [0, 0.1) is 0 Å². The van der Waals surface area contributed by atoms with Gasteiger partial charge in [-0.1, -0.05) is 0 Å². The first kappa shape index (κ1) is 18.2. The first-order chi connectivity index (χ1) is 10.1. The van der Waals surface area contributed by atoms with Gasteiger partial charge in [-0.05, 0) is 29.8 Å². The highest BCUT2D eigenvalue weighted by Gasteiger charge is 2.39. The van der Waals surface area contributed by atoms with Crippen molar-refractivity contribution < 1.29 is 27.5 Å². The first-order valence-corrected chi connectivity index (χ1v) is 6.83. The van der Waals surface area contributed by atoms with Crippen LogP contribution in [0.2, 0.25) is 0 Å². The quantitative estimate of drug-likeness (QED) is 0.639. The van der Waals surface area contributed by atoms with E-state index in [4.69, 9.17) is 0 Å². The number of allylic oxidation sites excluding steroid dienone is 1. The number of alkyl halides is 3. The number of nitrogens with zero attached hydrogens (tertiary/aromatic N) is 2. The summed E-state index contributed by atoms with van der Waals surface area (Å²) in [4.78, 5) is 23.2. The molecule has 1 rings (SSSR count). The Morgan fingerprint density at radius 3 is 2.50 bits per heavy atom.